The first-order valence-electron chi connectivity index (χ1n) is 16.0. The van der Waals surface area contributed by atoms with E-state index >= 15 is 0 Å². The molecular formula is C33H41N9O3. The lowest BCUT2D eigenvalue weighted by Crippen LogP contribution is -2.55. The van der Waals surface area contributed by atoms with Gasteiger partial charge in [-0.25, -0.2) is 0 Å². The summed E-state index contributed by atoms with van der Waals surface area (Å²) < 4.78 is 12.6. The molecule has 0 radical (unpaired) electrons. The van der Waals surface area contributed by atoms with Crippen LogP contribution in [0.4, 0.5) is 11.5 Å². The van der Waals surface area contributed by atoms with Gasteiger partial charge < -0.3 is 29.5 Å². The number of piperazine rings is 1. The van der Waals surface area contributed by atoms with E-state index in [2.05, 4.69) is 57.9 Å². The Balaban J connectivity index is 1.22. The van der Waals surface area contributed by atoms with E-state index in [1.807, 2.05) is 6.20 Å². The Morgan fingerprint density at radius 3 is 2.89 bits per heavy atom. The number of rotatable bonds is 8. The van der Waals surface area contributed by atoms with E-state index in [1.54, 1.807) is 4.90 Å². The number of ether oxygens (including phenoxy) is 2. The Hall–Kier alpha value is -4.21. The quantitative estimate of drug-likeness (QED) is 0.366. The van der Waals surface area contributed by atoms with Gasteiger partial charge in [-0.3, -0.25) is 9.89 Å². The number of aryl methyl sites for hydroxylation is 1. The number of anilines is 2. The molecule has 4 aliphatic rings. The van der Waals surface area contributed by atoms with Gasteiger partial charge >= 0.3 is 6.01 Å². The molecule has 1 unspecified atom stereocenters. The number of nitrogens with zero attached hydrogens (tertiary/aromatic N) is 7. The van der Waals surface area contributed by atoms with Crippen molar-refractivity contribution in [3.05, 3.63) is 47.3 Å². The zero-order valence-corrected chi connectivity index (χ0v) is 26.1. The number of amides is 1. The normalized spacial score (nSPS) is 22.6. The number of aromatic amines is 1. The second-order valence-electron chi connectivity index (χ2n) is 12.8. The molecule has 2 saturated heterocycles. The van der Waals surface area contributed by atoms with Gasteiger partial charge in [0.2, 0.25) is 5.91 Å². The topological polar surface area (TPSA) is 136 Å². The van der Waals surface area contributed by atoms with Crippen molar-refractivity contribution in [1.82, 2.24) is 30.4 Å². The highest BCUT2D eigenvalue weighted by Gasteiger charge is 2.51. The second-order valence-corrected chi connectivity index (χ2v) is 12.8. The monoisotopic (exact) mass is 611 g/mol. The van der Waals surface area contributed by atoms with Crippen molar-refractivity contribution in [2.45, 2.75) is 58.2 Å². The maximum absolute atomic E-state index is 12.6. The second kappa shape index (κ2) is 11.9. The minimum Gasteiger partial charge on any atom is -0.463 e. The van der Waals surface area contributed by atoms with Crippen LogP contribution in [0.2, 0.25) is 0 Å². The molecule has 1 amide bonds. The van der Waals surface area contributed by atoms with Crippen LogP contribution in [-0.2, 0) is 22.5 Å². The van der Waals surface area contributed by atoms with Crippen LogP contribution in [0.1, 0.15) is 41.6 Å². The molecule has 3 aromatic rings. The van der Waals surface area contributed by atoms with Crippen molar-refractivity contribution >= 4 is 28.3 Å². The summed E-state index contributed by atoms with van der Waals surface area (Å²) in [6.07, 6.45) is 6.49. The summed E-state index contributed by atoms with van der Waals surface area (Å²) in [5.74, 6) is 0.700. The summed E-state index contributed by atoms with van der Waals surface area (Å²) in [4.78, 5) is 29.0. The molecule has 1 aliphatic carbocycles. The summed E-state index contributed by atoms with van der Waals surface area (Å²) >= 11 is 0. The summed E-state index contributed by atoms with van der Waals surface area (Å²) in [5.41, 5.74) is 6.68. The first kappa shape index (κ1) is 29.5. The number of aromatic nitrogens is 4. The zero-order chi connectivity index (χ0) is 31.1. The summed E-state index contributed by atoms with van der Waals surface area (Å²) in [7, 11) is 0. The van der Waals surface area contributed by atoms with E-state index in [9.17, 15) is 10.1 Å². The van der Waals surface area contributed by atoms with Crippen molar-refractivity contribution < 1.29 is 14.3 Å². The summed E-state index contributed by atoms with van der Waals surface area (Å²) in [5, 5.41) is 21.6. The summed E-state index contributed by atoms with van der Waals surface area (Å²) in [6.45, 7) is 13.9. The number of morpholine rings is 1. The number of carbonyl (C=O) groups excluding carboxylic acids is 1. The smallest absolute Gasteiger partial charge is 0.318 e. The van der Waals surface area contributed by atoms with Gasteiger partial charge in [-0.2, -0.15) is 20.3 Å². The van der Waals surface area contributed by atoms with Gasteiger partial charge in [0, 0.05) is 55.6 Å². The molecule has 5 heterocycles. The number of carbonyl (C=O) groups is 1. The standard InChI is InChI=1S/C33H41N9O3/c1-4-29(43)42-13-12-41(18-23(42)5-9-34)31-24-6-11-40(30-22(3)21(2)15-26-25(30)16-36-39-26)19-27(24)37-32(38-31)45-20-33(7-8-33)28-17-35-10-14-44-28/h4,15-16,23,28,35H,1,5-8,10-14,17-20H2,2-3H3,(H,36,39)/t23-,28?/m0/s1. The molecule has 0 bridgehead atoms. The molecule has 236 valence electrons. The van der Waals surface area contributed by atoms with Crippen LogP contribution >= 0.6 is 0 Å². The van der Waals surface area contributed by atoms with Crippen LogP contribution < -0.4 is 19.9 Å². The van der Waals surface area contributed by atoms with Crippen molar-refractivity contribution in [1.29, 1.82) is 5.26 Å². The van der Waals surface area contributed by atoms with E-state index < -0.39 is 0 Å². The Labute approximate surface area is 263 Å². The predicted molar refractivity (Wildman–Crippen MR) is 170 cm³/mol. The van der Waals surface area contributed by atoms with Crippen LogP contribution in [0.25, 0.3) is 10.9 Å². The predicted octanol–water partition coefficient (Wildman–Crippen LogP) is 2.80. The van der Waals surface area contributed by atoms with Gasteiger partial charge in [-0.05, 0) is 56.4 Å². The van der Waals surface area contributed by atoms with Gasteiger partial charge in [-0.15, -0.1) is 0 Å². The molecule has 7 rings (SSSR count). The minimum absolute atomic E-state index is 0.0149. The molecule has 3 fully saturated rings. The highest BCUT2D eigenvalue weighted by atomic mass is 16.5. The molecule has 2 atom stereocenters. The lowest BCUT2D eigenvalue weighted by Gasteiger charge is -2.42. The van der Waals surface area contributed by atoms with Crippen LogP contribution in [0.3, 0.4) is 0 Å². The van der Waals surface area contributed by atoms with Gasteiger partial charge in [0.1, 0.15) is 5.82 Å². The molecule has 3 aliphatic heterocycles. The van der Waals surface area contributed by atoms with Crippen LogP contribution in [0.5, 0.6) is 6.01 Å². The Morgan fingerprint density at radius 2 is 2.13 bits per heavy atom. The van der Waals surface area contributed by atoms with Crippen LogP contribution in [-0.4, -0.2) is 95.6 Å². The number of fused-ring (bicyclic) bond motifs is 2. The molecule has 12 heteroatoms. The third kappa shape index (κ3) is 5.48. The number of nitrogens with one attached hydrogen (secondary N) is 2. The Bertz CT molecular complexity index is 1650. The van der Waals surface area contributed by atoms with Gasteiger partial charge in [0.25, 0.3) is 0 Å². The molecule has 0 spiro atoms. The van der Waals surface area contributed by atoms with Gasteiger partial charge in [0.15, 0.2) is 0 Å². The number of hydrogen-bond donors (Lipinski definition) is 2. The fourth-order valence-electron chi connectivity index (χ4n) is 7.24. The van der Waals surface area contributed by atoms with Gasteiger partial charge in [0.05, 0.1) is 67.5 Å². The van der Waals surface area contributed by atoms with E-state index in [0.717, 1.165) is 66.9 Å². The third-order valence-corrected chi connectivity index (χ3v) is 10.1. The fourth-order valence-corrected chi connectivity index (χ4v) is 7.24. The third-order valence-electron chi connectivity index (χ3n) is 10.1. The van der Waals surface area contributed by atoms with Crippen molar-refractivity contribution in [3.63, 3.8) is 0 Å². The maximum Gasteiger partial charge on any atom is 0.318 e. The number of nitriles is 1. The molecule has 1 saturated carbocycles. The lowest BCUT2D eigenvalue weighted by molar-refractivity contribution is -0.128. The number of hydrogen-bond acceptors (Lipinski definition) is 10. The van der Waals surface area contributed by atoms with Crippen molar-refractivity contribution in [2.75, 3.05) is 62.3 Å². The first-order valence-corrected chi connectivity index (χ1v) is 16.0. The Kier molecular flexibility index (Phi) is 7.83. The van der Waals surface area contributed by atoms with E-state index in [-0.39, 0.29) is 29.9 Å². The van der Waals surface area contributed by atoms with E-state index in [1.165, 1.54) is 22.9 Å². The SMILES string of the molecule is C=CC(=O)N1CCN(c2nc(OCC3(C4CNCCO4)CC3)nc3c2CCN(c2c(C)c(C)cc4[nH]ncc24)C3)C[C@@H]1CC#N. The van der Waals surface area contributed by atoms with Gasteiger partial charge in [-0.1, -0.05) is 6.58 Å². The Morgan fingerprint density at radius 1 is 1.27 bits per heavy atom. The summed E-state index contributed by atoms with van der Waals surface area (Å²) in [6, 6.07) is 4.54. The molecule has 45 heavy (non-hydrogen) atoms. The van der Waals surface area contributed by atoms with Crippen LogP contribution in [0, 0.1) is 30.6 Å². The fraction of sp³-hybridized carbons (Fsp3) is 0.545. The van der Waals surface area contributed by atoms with Crippen LogP contribution in [0.15, 0.2) is 24.9 Å². The van der Waals surface area contributed by atoms with Crippen molar-refractivity contribution in [3.8, 4) is 12.1 Å². The average molecular weight is 612 g/mol. The molecule has 1 aromatic carbocycles. The molecule has 2 aromatic heterocycles. The van der Waals surface area contributed by atoms with E-state index in [0.29, 0.717) is 45.4 Å². The maximum atomic E-state index is 12.6. The minimum atomic E-state index is -0.251. The average Bonchev–Trinajstić information content (AvgIpc) is 3.73. The molecule has 2 N–H and O–H groups in total. The largest absolute Gasteiger partial charge is 0.463 e. The first-order chi connectivity index (χ1) is 21.9. The molecular weight excluding hydrogens is 570 g/mol. The lowest BCUT2D eigenvalue weighted by atomic mass is 9.99. The number of H-pyrrole nitrogens is 1. The zero-order valence-electron chi connectivity index (χ0n) is 26.1. The number of benzene rings is 1. The highest BCUT2D eigenvalue weighted by Crippen LogP contribution is 2.50. The van der Waals surface area contributed by atoms with E-state index in [4.69, 9.17) is 19.4 Å². The highest BCUT2D eigenvalue weighted by molar-refractivity contribution is 5.94. The van der Waals surface area contributed by atoms with Crippen molar-refractivity contribution in [2.24, 2.45) is 5.41 Å². The molecule has 12 nitrogen and oxygen atoms in total.